The molecule has 2 rings (SSSR count). The summed E-state index contributed by atoms with van der Waals surface area (Å²) in [6.45, 7) is 9.38. The summed E-state index contributed by atoms with van der Waals surface area (Å²) in [6, 6.07) is 5.37. The van der Waals surface area contributed by atoms with Crippen LogP contribution in [0.25, 0.3) is 0 Å². The minimum absolute atomic E-state index is 0.0816. The smallest absolute Gasteiger partial charge is 0.238 e. The number of carbonyl (C=O) groups excluding carboxylic acids is 2. The predicted molar refractivity (Wildman–Crippen MR) is 109 cm³/mol. The van der Waals surface area contributed by atoms with E-state index < -0.39 is 0 Å². The van der Waals surface area contributed by atoms with E-state index in [9.17, 15) is 9.59 Å². The number of carbonyl (C=O) groups is 2. The molecular formula is C18H26BrClN4O2. The van der Waals surface area contributed by atoms with Gasteiger partial charge in [-0.2, -0.15) is 0 Å². The molecule has 0 spiro atoms. The van der Waals surface area contributed by atoms with Gasteiger partial charge >= 0.3 is 0 Å². The van der Waals surface area contributed by atoms with Gasteiger partial charge in [0.2, 0.25) is 11.8 Å². The van der Waals surface area contributed by atoms with Crippen LogP contribution in [0.1, 0.15) is 13.8 Å². The number of nitrogens with zero attached hydrogens (tertiary/aromatic N) is 3. The van der Waals surface area contributed by atoms with Crippen LogP contribution >= 0.6 is 27.5 Å². The third-order valence-electron chi connectivity index (χ3n) is 4.51. The molecule has 1 aromatic rings. The largest absolute Gasteiger partial charge is 0.342 e. The average Bonchev–Trinajstić information content (AvgIpc) is 2.60. The Morgan fingerprint density at radius 1 is 1.12 bits per heavy atom. The topological polar surface area (TPSA) is 55.9 Å². The number of benzene rings is 1. The van der Waals surface area contributed by atoms with Crippen LogP contribution < -0.4 is 5.32 Å². The molecule has 8 heteroatoms. The molecule has 1 fully saturated rings. The van der Waals surface area contributed by atoms with Gasteiger partial charge in [0.25, 0.3) is 0 Å². The molecule has 6 nitrogen and oxygen atoms in total. The summed E-state index contributed by atoms with van der Waals surface area (Å²) in [5.41, 5.74) is 0.614. The number of hydrogen-bond donors (Lipinski definition) is 1. The molecule has 144 valence electrons. The highest BCUT2D eigenvalue weighted by atomic mass is 79.9. The highest BCUT2D eigenvalue weighted by molar-refractivity contribution is 9.10. The predicted octanol–water partition coefficient (Wildman–Crippen LogP) is 2.53. The Kier molecular flexibility index (Phi) is 8.34. The van der Waals surface area contributed by atoms with Gasteiger partial charge in [0, 0.05) is 43.7 Å². The van der Waals surface area contributed by atoms with Crippen molar-refractivity contribution >= 4 is 45.0 Å². The molecule has 1 heterocycles. The van der Waals surface area contributed by atoms with Gasteiger partial charge in [-0.05, 0) is 32.0 Å². The van der Waals surface area contributed by atoms with Crippen molar-refractivity contribution in [2.75, 3.05) is 57.7 Å². The van der Waals surface area contributed by atoms with Gasteiger partial charge in [-0.15, -0.1) is 0 Å². The molecule has 26 heavy (non-hydrogen) atoms. The first-order valence-electron chi connectivity index (χ1n) is 8.90. The van der Waals surface area contributed by atoms with Crippen LogP contribution in [-0.4, -0.2) is 78.9 Å². The van der Waals surface area contributed by atoms with E-state index >= 15 is 0 Å². The summed E-state index contributed by atoms with van der Waals surface area (Å²) in [5, 5.41) is 3.36. The molecule has 0 unspecified atom stereocenters. The minimum Gasteiger partial charge on any atom is -0.342 e. The highest BCUT2D eigenvalue weighted by Gasteiger charge is 2.22. The molecule has 1 aromatic carbocycles. The van der Waals surface area contributed by atoms with E-state index in [-0.39, 0.29) is 11.8 Å². The summed E-state index contributed by atoms with van der Waals surface area (Å²) >= 11 is 9.48. The number of halogens is 2. The number of piperazine rings is 1. The first kappa shape index (κ1) is 21.2. The summed E-state index contributed by atoms with van der Waals surface area (Å²) in [4.78, 5) is 30.5. The van der Waals surface area contributed by atoms with Crippen molar-refractivity contribution in [1.82, 2.24) is 14.7 Å². The zero-order chi connectivity index (χ0) is 19.1. The summed E-state index contributed by atoms with van der Waals surface area (Å²) in [5.74, 6) is 0.0907. The lowest BCUT2D eigenvalue weighted by Crippen LogP contribution is -2.51. The van der Waals surface area contributed by atoms with E-state index in [0.29, 0.717) is 23.8 Å². The average molecular weight is 446 g/mol. The molecule has 1 aliphatic rings. The van der Waals surface area contributed by atoms with Crippen molar-refractivity contribution in [2.45, 2.75) is 13.8 Å². The van der Waals surface area contributed by atoms with Crippen LogP contribution in [0.4, 0.5) is 5.69 Å². The maximum atomic E-state index is 12.2. The number of amides is 2. The number of rotatable bonds is 7. The zero-order valence-corrected chi connectivity index (χ0v) is 17.6. The monoisotopic (exact) mass is 444 g/mol. The van der Waals surface area contributed by atoms with Crippen LogP contribution in [-0.2, 0) is 9.59 Å². The second-order valence-corrected chi connectivity index (χ2v) is 7.61. The van der Waals surface area contributed by atoms with E-state index in [4.69, 9.17) is 11.6 Å². The van der Waals surface area contributed by atoms with Gasteiger partial charge in [0.15, 0.2) is 0 Å². The van der Waals surface area contributed by atoms with Crippen molar-refractivity contribution in [3.05, 3.63) is 27.7 Å². The van der Waals surface area contributed by atoms with E-state index in [1.807, 2.05) is 24.8 Å². The quantitative estimate of drug-likeness (QED) is 0.701. The normalized spacial score (nSPS) is 15.7. The summed E-state index contributed by atoms with van der Waals surface area (Å²) < 4.78 is 0.871. The second kappa shape index (κ2) is 10.3. The van der Waals surface area contributed by atoms with Crippen LogP contribution in [0, 0.1) is 0 Å². The van der Waals surface area contributed by atoms with Crippen LogP contribution in [0.2, 0.25) is 5.02 Å². The number of hydrogen-bond acceptors (Lipinski definition) is 4. The fraction of sp³-hybridized carbons (Fsp3) is 0.556. The lowest BCUT2D eigenvalue weighted by Gasteiger charge is -2.34. The molecule has 2 amide bonds. The number of nitrogens with one attached hydrogen (secondary N) is 1. The third kappa shape index (κ3) is 6.23. The van der Waals surface area contributed by atoms with Crippen LogP contribution in [0.5, 0.6) is 0 Å². The third-order valence-corrected chi connectivity index (χ3v) is 5.32. The van der Waals surface area contributed by atoms with Gasteiger partial charge in [-0.3, -0.25) is 19.4 Å². The van der Waals surface area contributed by atoms with E-state index in [1.54, 1.807) is 12.1 Å². The second-order valence-electron chi connectivity index (χ2n) is 6.29. The Morgan fingerprint density at radius 3 is 2.23 bits per heavy atom. The van der Waals surface area contributed by atoms with E-state index in [0.717, 1.165) is 43.7 Å². The van der Waals surface area contributed by atoms with Crippen molar-refractivity contribution in [3.63, 3.8) is 0 Å². The Balaban J connectivity index is 1.76. The van der Waals surface area contributed by atoms with Crippen molar-refractivity contribution < 1.29 is 9.59 Å². The molecule has 1 N–H and O–H groups in total. The Bertz CT molecular complexity index is 632. The minimum atomic E-state index is -0.0816. The summed E-state index contributed by atoms with van der Waals surface area (Å²) in [7, 11) is 0. The first-order chi connectivity index (χ1) is 12.4. The van der Waals surface area contributed by atoms with Crippen LogP contribution in [0.3, 0.4) is 0 Å². The maximum Gasteiger partial charge on any atom is 0.238 e. The fourth-order valence-electron chi connectivity index (χ4n) is 2.96. The van der Waals surface area contributed by atoms with Crippen molar-refractivity contribution in [3.8, 4) is 0 Å². The SMILES string of the molecule is CCN(CC)C(=O)CN1CCN(CC(=O)Nc2ccc(Br)cc2Cl)CC1. The molecule has 0 aliphatic carbocycles. The van der Waals surface area contributed by atoms with E-state index in [2.05, 4.69) is 31.0 Å². The van der Waals surface area contributed by atoms with Gasteiger partial charge in [0.05, 0.1) is 23.8 Å². The molecule has 0 radical (unpaired) electrons. The molecule has 0 aromatic heterocycles. The highest BCUT2D eigenvalue weighted by Crippen LogP contribution is 2.25. The van der Waals surface area contributed by atoms with Crippen molar-refractivity contribution in [1.29, 1.82) is 0 Å². The molecular weight excluding hydrogens is 420 g/mol. The molecule has 0 saturated carbocycles. The summed E-state index contributed by atoms with van der Waals surface area (Å²) in [6.07, 6.45) is 0. The van der Waals surface area contributed by atoms with Crippen LogP contribution in [0.15, 0.2) is 22.7 Å². The number of anilines is 1. The Hall–Kier alpha value is -1.15. The van der Waals surface area contributed by atoms with Gasteiger partial charge < -0.3 is 10.2 Å². The number of likely N-dealkylation sites (N-methyl/N-ethyl adjacent to an activating group) is 1. The molecule has 1 aliphatic heterocycles. The molecule has 0 bridgehead atoms. The molecule has 1 saturated heterocycles. The lowest BCUT2D eigenvalue weighted by molar-refractivity contribution is -0.132. The van der Waals surface area contributed by atoms with Gasteiger partial charge in [0.1, 0.15) is 0 Å². The van der Waals surface area contributed by atoms with Crippen molar-refractivity contribution in [2.24, 2.45) is 0 Å². The Morgan fingerprint density at radius 2 is 1.69 bits per heavy atom. The van der Waals surface area contributed by atoms with Gasteiger partial charge in [-0.25, -0.2) is 0 Å². The standard InChI is InChI=1S/C18H26BrClN4O2/c1-3-24(4-2)18(26)13-23-9-7-22(8-10-23)12-17(25)21-16-6-5-14(19)11-15(16)20/h5-6,11H,3-4,7-10,12-13H2,1-2H3,(H,21,25). The first-order valence-corrected chi connectivity index (χ1v) is 10.1. The fourth-order valence-corrected chi connectivity index (χ4v) is 3.68. The maximum absolute atomic E-state index is 12.2. The lowest BCUT2D eigenvalue weighted by atomic mass is 10.3. The Labute approximate surface area is 168 Å². The van der Waals surface area contributed by atoms with E-state index in [1.165, 1.54) is 0 Å². The zero-order valence-electron chi connectivity index (χ0n) is 15.3. The van der Waals surface area contributed by atoms with Gasteiger partial charge in [-0.1, -0.05) is 27.5 Å². The molecule has 0 atom stereocenters.